The molecule has 8 aromatic heterocycles. The summed E-state index contributed by atoms with van der Waals surface area (Å²) in [5.74, 6) is 0. The fourth-order valence-electron chi connectivity index (χ4n) is 13.2. The van der Waals surface area contributed by atoms with Crippen LogP contribution < -0.4 is 68.8 Å². The van der Waals surface area contributed by atoms with Crippen LogP contribution >= 0.6 is 0 Å². The molecular formula is C92H169F2N40O14S2-. The van der Waals surface area contributed by atoms with Crippen LogP contribution in [0.15, 0.2) is 146 Å². The Morgan fingerprint density at radius 3 is 0.973 bits per heavy atom. The van der Waals surface area contributed by atoms with Gasteiger partial charge in [-0.05, 0) is 157 Å². The van der Waals surface area contributed by atoms with Gasteiger partial charge in [-0.15, -0.1) is 40.8 Å². The molecule has 29 N–H and O–H groups in total. The van der Waals surface area contributed by atoms with Crippen LogP contribution in [0.5, 0.6) is 0 Å². The molecular weight excluding hydrogens is 1990 g/mol. The van der Waals surface area contributed by atoms with Gasteiger partial charge in [-0.3, -0.25) is 37.1 Å². The van der Waals surface area contributed by atoms with Crippen LogP contribution in [0.2, 0.25) is 0 Å². The van der Waals surface area contributed by atoms with E-state index in [0.29, 0.717) is 197 Å². The predicted molar refractivity (Wildman–Crippen MR) is 563 cm³/mol. The second-order valence-corrected chi connectivity index (χ2v) is 40.3. The largest absolute Gasteiger partial charge is 0.726 e. The summed E-state index contributed by atoms with van der Waals surface area (Å²) in [5, 5.41) is 116. The van der Waals surface area contributed by atoms with Crippen LogP contribution in [0.3, 0.4) is 0 Å². The Kier molecular flexibility index (Phi) is 63.6. The van der Waals surface area contributed by atoms with E-state index in [1.54, 1.807) is 51.2 Å². The molecule has 0 spiro atoms. The van der Waals surface area contributed by atoms with E-state index in [9.17, 15) is 30.2 Å². The third-order valence-electron chi connectivity index (χ3n) is 20.0. The van der Waals surface area contributed by atoms with Crippen molar-refractivity contribution in [2.24, 2.45) is 22.9 Å². The van der Waals surface area contributed by atoms with Gasteiger partial charge >= 0.3 is 10.4 Å². The van der Waals surface area contributed by atoms with Gasteiger partial charge in [0.25, 0.3) is 0 Å². The number of aryl methyl sites for hydroxylation is 2. The number of nitrogens with one attached hydrogen (secondary N) is 4. The van der Waals surface area contributed by atoms with Crippen LogP contribution in [0.25, 0.3) is 0 Å². The zero-order valence-corrected chi connectivity index (χ0v) is 89.2. The van der Waals surface area contributed by atoms with Crippen LogP contribution in [-0.2, 0) is 155 Å². The van der Waals surface area contributed by atoms with Gasteiger partial charge in [-0.25, -0.2) is 50.1 Å². The number of nitrogens with zero attached hydrogens (tertiary/aromatic N) is 28. The SMILES string of the molecule is C.C.CC(C)(C)N/C=C(\N)CN(Cc1cn(Cc2ccc(CCCCOS(=O)(=O)O)cc2)nn1)Cc1cn(C(C)(C)C)nn1.CC(C)(C)N/C=C(\N)CN(Cc1cn(Cc2ccc(CCCF)cc2)nn1)Cc1cn(C(C)(C)C)nn1.N.N.N.N.N/C(=C\NCCO)CN(Cc1cn(CCO)nn1)Cc1cn(COCCCCOS(=O)(=O)[O-])nn1.N/C(=C\NCCO)CN(Cc1cn(CCO)nn1)Cc1cn(COCCCF)nn1. The molecule has 0 aliphatic heterocycles. The second-order valence-electron chi connectivity index (χ2n) is 38.1. The lowest BCUT2D eigenvalue weighted by atomic mass is 10.1. The van der Waals surface area contributed by atoms with Gasteiger partial charge in [0, 0.05) is 169 Å². The number of benzene rings is 2. The molecule has 2 aromatic carbocycles. The first-order valence-electron chi connectivity index (χ1n) is 47.4. The maximum atomic E-state index is 12.4. The lowest BCUT2D eigenvalue weighted by molar-refractivity contribution is 0.0627. The number of halogens is 2. The Morgan fingerprint density at radius 1 is 0.380 bits per heavy atom. The third kappa shape index (κ3) is 58.4. The van der Waals surface area contributed by atoms with E-state index in [1.807, 2.05) is 90.0 Å². The molecule has 54 nitrogen and oxygen atoms in total. The van der Waals surface area contributed by atoms with Crippen LogP contribution in [0.4, 0.5) is 8.78 Å². The smallest absolute Gasteiger partial charge is 0.397 e. The van der Waals surface area contributed by atoms with E-state index < -0.39 is 27.5 Å². The monoisotopic (exact) mass is 2160 g/mol. The first-order valence-corrected chi connectivity index (χ1v) is 50.1. The molecule has 0 aliphatic rings. The van der Waals surface area contributed by atoms with Gasteiger partial charge in [0.1, 0.15) is 13.5 Å². The van der Waals surface area contributed by atoms with Gasteiger partial charge in [0.15, 0.2) is 0 Å². The van der Waals surface area contributed by atoms with Crippen molar-refractivity contribution >= 4 is 20.8 Å². The predicted octanol–water partition coefficient (Wildman–Crippen LogP) is 4.75. The lowest BCUT2D eigenvalue weighted by Crippen LogP contribution is -2.34. The quantitative estimate of drug-likeness (QED) is 0.0139. The summed E-state index contributed by atoms with van der Waals surface area (Å²) in [4.78, 5) is 8.34. The normalized spacial score (nSPS) is 12.2. The number of aliphatic hydroxyl groups excluding tert-OH is 4. The zero-order chi connectivity index (χ0) is 105. The van der Waals surface area contributed by atoms with E-state index in [4.69, 9.17) is 57.4 Å². The minimum atomic E-state index is -4.66. The van der Waals surface area contributed by atoms with Crippen molar-refractivity contribution in [1.82, 2.24) is 185 Å². The average molecular weight is 2160 g/mol. The number of nitrogens with two attached hydrogens (primary N) is 4. The summed E-state index contributed by atoms with van der Waals surface area (Å²) in [6.45, 7) is 33.6. The molecule has 0 bridgehead atoms. The Bertz CT molecular complexity index is 5650. The molecule has 848 valence electrons. The highest BCUT2D eigenvalue weighted by Crippen LogP contribution is 2.21. The number of rotatable bonds is 62. The standard InChI is InChI=1S/C28H45N9O4S.C27H42FN9.C18H33N9O7S.C17H30FN9O3.2CH4.4H3N/c1-27(2,3)30-15-24(29)17-35(19-26-21-37(34-32-26)28(4,5)6)18-25-20-36(33-31-25)16-23-12-10-22(11-13-23)9-7-8-14-41-42(38,39)40;1-26(2,3)30-14-23(29)16-35(18-25-20-37(34-32-25)27(4,5)6)17-24-19-36(33-31-24)15-22-11-9-21(10-12-22)8-7-13-28;19-16(9-20-3-5-28)10-25(11-17-13-26(4-6-29)23-21-17)12-18-14-27(24-22-18)15-33-7-1-2-8-34-35(30,31)32;18-2-1-7-30-14-27-13-17(22-24-27)11-25(9-15(19)8-20-3-5-28)10-16-12-26(4-6-29)23-21-16;;;;;;/h10-13,15,20-21,30H,7-9,14,16-19,29H2,1-6H3,(H,38,39,40);9-12,14,19-20,30H,7-8,13,15-18,29H2,1-6H3;9,13-14,20,28-29H,1-8,10-12,15,19H2,(H,30,31,32);8,12-13,20,28-29H,1-7,9-11,14,19H2;2*1H4;4*1H3/p-1/b24-15-;23-14-;16-9-;15-8-;;;;;;. The number of unbranched alkanes of at least 4 members (excludes halogenated alkanes) is 2. The molecule has 0 atom stereocenters. The summed E-state index contributed by atoms with van der Waals surface area (Å²) in [7, 11) is -9.04. The van der Waals surface area contributed by atoms with Gasteiger partial charge in [0.2, 0.25) is 10.4 Å². The van der Waals surface area contributed by atoms with E-state index in [0.717, 1.165) is 75.7 Å². The van der Waals surface area contributed by atoms with Gasteiger partial charge in [-0.2, -0.15) is 8.42 Å². The molecule has 0 unspecified atom stereocenters. The third-order valence-corrected chi connectivity index (χ3v) is 20.9. The zero-order valence-electron chi connectivity index (χ0n) is 87.6. The Labute approximate surface area is 880 Å². The molecule has 0 radical (unpaired) electrons. The van der Waals surface area contributed by atoms with Crippen molar-refractivity contribution in [3.05, 3.63) is 213 Å². The van der Waals surface area contributed by atoms with Crippen molar-refractivity contribution in [2.45, 2.75) is 263 Å². The second kappa shape index (κ2) is 70.2. The molecule has 150 heavy (non-hydrogen) atoms. The maximum Gasteiger partial charge on any atom is 0.397 e. The first-order chi connectivity index (χ1) is 68.4. The molecule has 10 rings (SSSR count). The fraction of sp³-hybridized carbons (Fsp3) is 0.609. The minimum Gasteiger partial charge on any atom is -0.726 e. The summed E-state index contributed by atoms with van der Waals surface area (Å²) >= 11 is 0. The number of alkyl halides is 2. The van der Waals surface area contributed by atoms with E-state index in [1.165, 1.54) is 4.68 Å². The van der Waals surface area contributed by atoms with E-state index in [-0.39, 0.29) is 121 Å². The summed E-state index contributed by atoms with van der Waals surface area (Å²) in [6.07, 6.45) is 26.5. The molecule has 8 heterocycles. The molecule has 0 saturated carbocycles. The number of aliphatic hydroxyl groups is 4. The van der Waals surface area contributed by atoms with Crippen molar-refractivity contribution in [3.63, 3.8) is 0 Å². The van der Waals surface area contributed by atoms with Crippen molar-refractivity contribution in [3.8, 4) is 0 Å². The highest BCUT2D eigenvalue weighted by Gasteiger charge is 2.24. The molecule has 0 saturated heterocycles. The first kappa shape index (κ1) is 136. The van der Waals surface area contributed by atoms with E-state index >= 15 is 0 Å². The van der Waals surface area contributed by atoms with Crippen LogP contribution in [-0.4, -0.2) is 302 Å². The maximum absolute atomic E-state index is 12.4. The summed E-state index contributed by atoms with van der Waals surface area (Å²) in [5.41, 5.74) is 37.7. The number of ether oxygens (including phenoxy) is 2. The van der Waals surface area contributed by atoms with Gasteiger partial charge < -0.3 is 103 Å². The highest BCUT2D eigenvalue weighted by molar-refractivity contribution is 7.81. The summed E-state index contributed by atoms with van der Waals surface area (Å²) in [6, 6.07) is 16.4. The minimum absolute atomic E-state index is 0. The van der Waals surface area contributed by atoms with Crippen molar-refractivity contribution < 1.29 is 73.0 Å². The van der Waals surface area contributed by atoms with Crippen LogP contribution in [0, 0.1) is 0 Å². The Morgan fingerprint density at radius 2 is 0.660 bits per heavy atom. The molecule has 0 amide bonds. The Balaban J connectivity index is 0.000000993. The fourth-order valence-corrected chi connectivity index (χ4v) is 13.9. The number of aromatic nitrogens is 24. The van der Waals surface area contributed by atoms with Gasteiger partial charge in [0.05, 0.1) is 180 Å². The molecule has 10 aromatic rings. The number of hydrogen-bond acceptors (Lipinski definition) is 45. The number of hydrogen-bond donors (Lipinski definition) is 17. The van der Waals surface area contributed by atoms with Crippen LogP contribution in [0.1, 0.15) is 204 Å². The Hall–Kier alpha value is -12.0. The topological polar surface area (TPSA) is 780 Å². The molecule has 58 heteroatoms. The molecule has 0 fully saturated rings. The molecule has 0 aliphatic carbocycles. The lowest BCUT2D eigenvalue weighted by Gasteiger charge is -2.23. The highest BCUT2D eigenvalue weighted by atomic mass is 32.3. The van der Waals surface area contributed by atoms with Gasteiger partial charge in [-0.1, -0.05) is 105 Å². The average Bonchev–Trinajstić information content (AvgIpc) is 1.71. The van der Waals surface area contributed by atoms with Crippen molar-refractivity contribution in [1.29, 1.82) is 0 Å². The van der Waals surface area contributed by atoms with E-state index in [2.05, 4.69) is 229 Å². The van der Waals surface area contributed by atoms with Crippen molar-refractivity contribution in [2.75, 3.05) is 105 Å². The summed E-state index contributed by atoms with van der Waals surface area (Å²) < 4.78 is 118.